The number of carbonyl (C=O) groups excluding carboxylic acids is 2. The van der Waals surface area contributed by atoms with Crippen LogP contribution in [0, 0.1) is 11.7 Å². The van der Waals surface area contributed by atoms with E-state index in [9.17, 15) is 14.7 Å². The van der Waals surface area contributed by atoms with E-state index in [1.165, 1.54) is 23.8 Å². The second kappa shape index (κ2) is 12.6. The Labute approximate surface area is 266 Å². The van der Waals surface area contributed by atoms with Gasteiger partial charge in [0, 0.05) is 23.3 Å². The normalized spacial score (nSPS) is 20.8. The van der Waals surface area contributed by atoms with Crippen molar-refractivity contribution in [3.05, 3.63) is 125 Å². The van der Waals surface area contributed by atoms with E-state index in [1.54, 1.807) is 66.9 Å². The van der Waals surface area contributed by atoms with E-state index in [0.29, 0.717) is 39.9 Å². The van der Waals surface area contributed by atoms with Crippen molar-refractivity contribution in [1.29, 1.82) is 0 Å². The predicted molar refractivity (Wildman–Crippen MR) is 172 cm³/mol. The average molecular weight is 628 g/mol. The summed E-state index contributed by atoms with van der Waals surface area (Å²) in [5.74, 6) is -0.666. The number of aromatic nitrogens is 1. The maximum absolute atomic E-state index is 15.3. The van der Waals surface area contributed by atoms with Gasteiger partial charge in [0.25, 0.3) is 0 Å². The molecule has 1 unspecified atom stereocenters. The lowest BCUT2D eigenvalue weighted by atomic mass is 9.82. The molecule has 10 heteroatoms. The fraction of sp³-hybridized carbons (Fsp3) is 0.286. The summed E-state index contributed by atoms with van der Waals surface area (Å²) in [7, 11) is 0. The van der Waals surface area contributed by atoms with Gasteiger partial charge in [0.2, 0.25) is 5.91 Å². The van der Waals surface area contributed by atoms with Gasteiger partial charge in [-0.15, -0.1) is 0 Å². The molecule has 6 rings (SSSR count). The Bertz CT molecular complexity index is 1670. The second-order valence-electron chi connectivity index (χ2n) is 12.0. The number of hydrogen-bond donors (Lipinski definition) is 4. The van der Waals surface area contributed by atoms with Gasteiger partial charge < -0.3 is 26.4 Å². The Morgan fingerprint density at radius 1 is 1.02 bits per heavy atom. The Morgan fingerprint density at radius 2 is 1.76 bits per heavy atom. The molecular formula is C35H35ClFN5O3. The Kier molecular flexibility index (Phi) is 8.59. The van der Waals surface area contributed by atoms with Crippen LogP contribution < -0.4 is 16.4 Å². The molecule has 1 aliphatic carbocycles. The number of nitrogens with zero attached hydrogens (tertiary/aromatic N) is 2. The number of nitrogens with two attached hydrogens (primary N) is 1. The molecule has 2 fully saturated rings. The van der Waals surface area contributed by atoms with Crippen molar-refractivity contribution in [1.82, 2.24) is 9.88 Å². The number of hydrogen-bond acceptors (Lipinski definition) is 5. The first kappa shape index (κ1) is 30.7. The number of carbonyl (C=O) groups is 2. The standard InChI is InChI=1S/C35H35ClFN5O3/c36-26-12-14-27(15-13-26)40-33(44)42-22-34(45,24-6-2-1-3-7-24)21-30(42)32(43)41-29-20-25(11-16-28(29)37)35(38,18-17-23-9-10-23)31-8-4-5-19-39-31/h1-8,11-16,19-20,23,30,45H,9-10,17-18,21-22,38H2,(H,40,44)(H,41,43)/t30-,34-,35?/m1/s1. The smallest absolute Gasteiger partial charge is 0.322 e. The summed E-state index contributed by atoms with van der Waals surface area (Å²) in [5.41, 5.74) is 6.77. The van der Waals surface area contributed by atoms with Crippen LogP contribution in [-0.4, -0.2) is 39.5 Å². The van der Waals surface area contributed by atoms with E-state index in [1.807, 2.05) is 24.3 Å². The highest BCUT2D eigenvalue weighted by molar-refractivity contribution is 6.30. The van der Waals surface area contributed by atoms with E-state index < -0.39 is 34.9 Å². The van der Waals surface area contributed by atoms with E-state index in [4.69, 9.17) is 17.3 Å². The third kappa shape index (κ3) is 6.71. The number of rotatable bonds is 9. The van der Waals surface area contributed by atoms with Crippen LogP contribution in [0.15, 0.2) is 97.2 Å². The van der Waals surface area contributed by atoms with Crippen molar-refractivity contribution in [2.75, 3.05) is 17.2 Å². The zero-order valence-electron chi connectivity index (χ0n) is 24.6. The lowest BCUT2D eigenvalue weighted by Crippen LogP contribution is -2.45. The molecule has 3 atom stereocenters. The number of halogens is 2. The third-order valence-electron chi connectivity index (χ3n) is 8.81. The first-order valence-electron chi connectivity index (χ1n) is 15.1. The summed E-state index contributed by atoms with van der Waals surface area (Å²) in [5, 5.41) is 17.7. The van der Waals surface area contributed by atoms with Crippen molar-refractivity contribution < 1.29 is 19.1 Å². The largest absolute Gasteiger partial charge is 0.383 e. The number of anilines is 2. The van der Waals surface area contributed by atoms with Crippen molar-refractivity contribution in [2.24, 2.45) is 11.7 Å². The summed E-state index contributed by atoms with van der Waals surface area (Å²) in [6.45, 7) is -0.149. The average Bonchev–Trinajstić information content (AvgIpc) is 3.82. The Hall–Kier alpha value is -4.31. The quantitative estimate of drug-likeness (QED) is 0.171. The molecule has 2 aliphatic rings. The Morgan fingerprint density at radius 3 is 2.44 bits per heavy atom. The molecule has 232 valence electrons. The summed E-state index contributed by atoms with van der Waals surface area (Å²) in [6, 6.07) is 23.7. The monoisotopic (exact) mass is 627 g/mol. The highest BCUT2D eigenvalue weighted by Crippen LogP contribution is 2.41. The van der Waals surface area contributed by atoms with Crippen LogP contribution in [0.25, 0.3) is 0 Å². The van der Waals surface area contributed by atoms with Crippen molar-refractivity contribution in [3.63, 3.8) is 0 Å². The van der Waals surface area contributed by atoms with Gasteiger partial charge in [0.1, 0.15) is 17.5 Å². The molecule has 2 heterocycles. The van der Waals surface area contributed by atoms with Crippen LogP contribution in [0.1, 0.15) is 48.9 Å². The number of amides is 3. The van der Waals surface area contributed by atoms with E-state index in [-0.39, 0.29) is 18.7 Å². The molecule has 0 spiro atoms. The van der Waals surface area contributed by atoms with Crippen molar-refractivity contribution in [2.45, 2.75) is 49.3 Å². The highest BCUT2D eigenvalue weighted by Gasteiger charge is 2.49. The molecule has 1 saturated heterocycles. The fourth-order valence-electron chi connectivity index (χ4n) is 6.02. The molecule has 1 saturated carbocycles. The molecule has 5 N–H and O–H groups in total. The molecule has 1 aromatic heterocycles. The molecule has 45 heavy (non-hydrogen) atoms. The molecule has 8 nitrogen and oxygen atoms in total. The van der Waals surface area contributed by atoms with Crippen LogP contribution >= 0.6 is 11.6 Å². The molecule has 3 aromatic carbocycles. The number of nitrogens with one attached hydrogen (secondary N) is 2. The minimum Gasteiger partial charge on any atom is -0.383 e. The SMILES string of the molecule is NC(CCC1CC1)(c1ccc(F)c(NC(=O)[C@H]2C[C@](O)(c3ccccc3)CN2C(=O)Nc2ccc(Cl)cc2)c1)c1ccccn1. The summed E-state index contributed by atoms with van der Waals surface area (Å²) in [6.07, 6.45) is 5.44. The van der Waals surface area contributed by atoms with Gasteiger partial charge in [-0.25, -0.2) is 9.18 Å². The van der Waals surface area contributed by atoms with Crippen LogP contribution in [0.5, 0.6) is 0 Å². The van der Waals surface area contributed by atoms with Crippen LogP contribution in [0.2, 0.25) is 5.02 Å². The number of pyridine rings is 1. The maximum atomic E-state index is 15.3. The number of aliphatic hydroxyl groups is 1. The van der Waals surface area contributed by atoms with E-state index >= 15 is 4.39 Å². The van der Waals surface area contributed by atoms with Gasteiger partial charge in [-0.05, 0) is 78.4 Å². The number of benzene rings is 3. The zero-order valence-corrected chi connectivity index (χ0v) is 25.4. The summed E-state index contributed by atoms with van der Waals surface area (Å²) >= 11 is 5.99. The minimum atomic E-state index is -1.50. The third-order valence-corrected chi connectivity index (χ3v) is 9.07. The van der Waals surface area contributed by atoms with Crippen molar-refractivity contribution in [3.8, 4) is 0 Å². The lowest BCUT2D eigenvalue weighted by molar-refractivity contribution is -0.119. The molecule has 4 aromatic rings. The van der Waals surface area contributed by atoms with Crippen LogP contribution in [0.4, 0.5) is 20.6 Å². The van der Waals surface area contributed by atoms with Crippen LogP contribution in [0.3, 0.4) is 0 Å². The maximum Gasteiger partial charge on any atom is 0.322 e. The van der Waals surface area contributed by atoms with Gasteiger partial charge in [-0.3, -0.25) is 9.78 Å². The molecule has 3 amide bonds. The molecular weight excluding hydrogens is 593 g/mol. The predicted octanol–water partition coefficient (Wildman–Crippen LogP) is 6.40. The highest BCUT2D eigenvalue weighted by atomic mass is 35.5. The fourth-order valence-corrected chi connectivity index (χ4v) is 6.15. The van der Waals surface area contributed by atoms with Gasteiger partial charge in [-0.1, -0.05) is 66.9 Å². The molecule has 0 bridgehead atoms. The van der Waals surface area contributed by atoms with Gasteiger partial charge >= 0.3 is 6.03 Å². The van der Waals surface area contributed by atoms with E-state index in [0.717, 1.165) is 6.42 Å². The van der Waals surface area contributed by atoms with Gasteiger partial charge in [0.05, 0.1) is 23.5 Å². The second-order valence-corrected chi connectivity index (χ2v) is 12.5. The van der Waals surface area contributed by atoms with Gasteiger partial charge in [0.15, 0.2) is 0 Å². The minimum absolute atomic E-state index is 0.0668. The van der Waals surface area contributed by atoms with Crippen LogP contribution in [-0.2, 0) is 15.9 Å². The summed E-state index contributed by atoms with van der Waals surface area (Å²) < 4.78 is 15.3. The zero-order chi connectivity index (χ0) is 31.6. The number of β-amino-alcohol motifs (C(OH)–C–C–N with tert-alkyl or cyclic N) is 1. The number of likely N-dealkylation sites (tertiary alicyclic amines) is 1. The Balaban J connectivity index is 1.29. The molecule has 1 aliphatic heterocycles. The van der Waals surface area contributed by atoms with Crippen molar-refractivity contribution >= 4 is 34.9 Å². The number of urea groups is 1. The summed E-state index contributed by atoms with van der Waals surface area (Å²) in [4.78, 5) is 33.2. The van der Waals surface area contributed by atoms with E-state index in [2.05, 4.69) is 15.6 Å². The lowest BCUT2D eigenvalue weighted by Gasteiger charge is -2.30. The first-order chi connectivity index (χ1) is 21.6. The first-order valence-corrected chi connectivity index (χ1v) is 15.4. The van der Waals surface area contributed by atoms with Gasteiger partial charge in [-0.2, -0.15) is 0 Å². The topological polar surface area (TPSA) is 121 Å². The molecule has 0 radical (unpaired) electrons.